The zero-order chi connectivity index (χ0) is 11.8. The molecule has 0 aromatic carbocycles. The minimum Gasteiger partial charge on any atom is -0.504 e. The molecule has 0 amide bonds. The van der Waals surface area contributed by atoms with Gasteiger partial charge in [0.05, 0.1) is 5.69 Å². The van der Waals surface area contributed by atoms with Gasteiger partial charge in [-0.25, -0.2) is 0 Å². The number of hydrogen-bond acceptors (Lipinski definition) is 2. The van der Waals surface area contributed by atoms with Gasteiger partial charge in [-0.05, 0) is 12.3 Å². The SMILES string of the molecule is CC(C)Cc1nn(C)c(C(C)(C)C)c1O. The minimum absolute atomic E-state index is 0.0684. The zero-order valence-electron chi connectivity index (χ0n) is 10.6. The van der Waals surface area contributed by atoms with Crippen LogP contribution in [0.3, 0.4) is 0 Å². The topological polar surface area (TPSA) is 38.0 Å². The first-order valence-corrected chi connectivity index (χ1v) is 5.48. The molecule has 1 aromatic heterocycles. The largest absolute Gasteiger partial charge is 0.504 e. The van der Waals surface area contributed by atoms with E-state index < -0.39 is 0 Å². The van der Waals surface area contributed by atoms with E-state index in [2.05, 4.69) is 39.7 Å². The van der Waals surface area contributed by atoms with E-state index in [-0.39, 0.29) is 5.41 Å². The summed E-state index contributed by atoms with van der Waals surface area (Å²) in [5, 5.41) is 14.5. The number of aromatic nitrogens is 2. The maximum Gasteiger partial charge on any atom is 0.160 e. The fourth-order valence-electron chi connectivity index (χ4n) is 1.93. The summed E-state index contributed by atoms with van der Waals surface area (Å²) >= 11 is 0. The van der Waals surface area contributed by atoms with Gasteiger partial charge in [0.2, 0.25) is 0 Å². The van der Waals surface area contributed by atoms with Crippen LogP contribution in [0.25, 0.3) is 0 Å². The maximum atomic E-state index is 10.1. The van der Waals surface area contributed by atoms with Crippen LogP contribution in [0, 0.1) is 5.92 Å². The maximum absolute atomic E-state index is 10.1. The van der Waals surface area contributed by atoms with Crippen molar-refractivity contribution in [3.05, 3.63) is 11.4 Å². The summed E-state index contributed by atoms with van der Waals surface area (Å²) in [6.45, 7) is 10.5. The first kappa shape index (κ1) is 12.1. The summed E-state index contributed by atoms with van der Waals surface area (Å²) in [5.41, 5.74) is 1.66. The minimum atomic E-state index is -0.0684. The van der Waals surface area contributed by atoms with Crippen molar-refractivity contribution >= 4 is 0 Å². The van der Waals surface area contributed by atoms with Crippen LogP contribution in [0.1, 0.15) is 46.0 Å². The Bertz CT molecular complexity index is 345. The number of hydrogen-bond donors (Lipinski definition) is 1. The Morgan fingerprint density at radius 3 is 2.20 bits per heavy atom. The van der Waals surface area contributed by atoms with Gasteiger partial charge in [-0.3, -0.25) is 4.68 Å². The molecule has 3 nitrogen and oxygen atoms in total. The first-order valence-electron chi connectivity index (χ1n) is 5.48. The molecular formula is C12H22N2O. The highest BCUT2D eigenvalue weighted by atomic mass is 16.3. The molecule has 0 saturated carbocycles. The molecule has 0 bridgehead atoms. The van der Waals surface area contributed by atoms with Gasteiger partial charge in [0.15, 0.2) is 5.75 Å². The van der Waals surface area contributed by atoms with Gasteiger partial charge in [0, 0.05) is 12.5 Å². The fraction of sp³-hybridized carbons (Fsp3) is 0.750. The number of nitrogens with zero attached hydrogens (tertiary/aromatic N) is 2. The molecule has 1 aromatic rings. The molecule has 3 heteroatoms. The molecule has 0 aliphatic rings. The normalized spacial score (nSPS) is 12.5. The lowest BCUT2D eigenvalue weighted by Crippen LogP contribution is -2.16. The Labute approximate surface area is 92.1 Å². The van der Waals surface area contributed by atoms with Crippen molar-refractivity contribution in [2.24, 2.45) is 13.0 Å². The Hall–Kier alpha value is -0.990. The molecule has 0 fully saturated rings. The molecule has 0 radical (unpaired) electrons. The van der Waals surface area contributed by atoms with Crippen LogP contribution < -0.4 is 0 Å². The second-order valence-electron chi connectivity index (χ2n) is 5.62. The second-order valence-corrected chi connectivity index (χ2v) is 5.62. The first-order chi connectivity index (χ1) is 6.73. The standard InChI is InChI=1S/C12H22N2O/c1-8(2)7-9-10(15)11(12(3,4)5)14(6)13-9/h8,15H,7H2,1-6H3. The van der Waals surface area contributed by atoms with Crippen molar-refractivity contribution in [3.63, 3.8) is 0 Å². The smallest absolute Gasteiger partial charge is 0.160 e. The van der Waals surface area contributed by atoms with Crippen LogP contribution >= 0.6 is 0 Å². The van der Waals surface area contributed by atoms with Crippen LogP contribution in [-0.4, -0.2) is 14.9 Å². The van der Waals surface area contributed by atoms with E-state index in [0.29, 0.717) is 11.7 Å². The summed E-state index contributed by atoms with van der Waals surface area (Å²) in [5.74, 6) is 0.886. The molecule has 0 saturated heterocycles. The predicted molar refractivity (Wildman–Crippen MR) is 62.1 cm³/mol. The predicted octanol–water partition coefficient (Wildman–Crippen LogP) is 2.62. The molecule has 1 heterocycles. The summed E-state index contributed by atoms with van der Waals surface area (Å²) in [6.07, 6.45) is 0.829. The van der Waals surface area contributed by atoms with Gasteiger partial charge in [-0.15, -0.1) is 0 Å². The lowest BCUT2D eigenvalue weighted by Gasteiger charge is -2.18. The quantitative estimate of drug-likeness (QED) is 0.815. The molecule has 0 aliphatic heterocycles. The third kappa shape index (κ3) is 2.52. The molecule has 0 atom stereocenters. The van der Waals surface area contributed by atoms with Crippen LogP contribution in [0.5, 0.6) is 5.75 Å². The molecule has 0 aliphatic carbocycles. The fourth-order valence-corrected chi connectivity index (χ4v) is 1.93. The Kier molecular flexibility index (Phi) is 3.12. The van der Waals surface area contributed by atoms with Gasteiger partial charge < -0.3 is 5.11 Å². The zero-order valence-corrected chi connectivity index (χ0v) is 10.6. The van der Waals surface area contributed by atoms with Crippen LogP contribution in [-0.2, 0) is 18.9 Å². The van der Waals surface area contributed by atoms with Crippen molar-refractivity contribution in [1.29, 1.82) is 0 Å². The number of aryl methyl sites for hydroxylation is 1. The molecule has 15 heavy (non-hydrogen) atoms. The van der Waals surface area contributed by atoms with E-state index in [1.54, 1.807) is 4.68 Å². The monoisotopic (exact) mass is 210 g/mol. The van der Waals surface area contributed by atoms with Gasteiger partial charge in [-0.2, -0.15) is 5.10 Å². The molecule has 0 spiro atoms. The third-order valence-corrected chi connectivity index (χ3v) is 2.40. The summed E-state index contributed by atoms with van der Waals surface area (Å²) in [4.78, 5) is 0. The van der Waals surface area contributed by atoms with E-state index in [1.807, 2.05) is 7.05 Å². The van der Waals surface area contributed by atoms with Gasteiger partial charge in [-0.1, -0.05) is 34.6 Å². The Morgan fingerprint density at radius 2 is 1.87 bits per heavy atom. The van der Waals surface area contributed by atoms with Crippen LogP contribution in [0.2, 0.25) is 0 Å². The van der Waals surface area contributed by atoms with E-state index in [0.717, 1.165) is 17.8 Å². The third-order valence-electron chi connectivity index (χ3n) is 2.40. The van der Waals surface area contributed by atoms with Crippen LogP contribution in [0.15, 0.2) is 0 Å². The molecule has 1 N–H and O–H groups in total. The van der Waals surface area contributed by atoms with E-state index in [4.69, 9.17) is 0 Å². The molecule has 86 valence electrons. The van der Waals surface area contributed by atoms with Gasteiger partial charge in [0.1, 0.15) is 5.69 Å². The lowest BCUT2D eigenvalue weighted by molar-refractivity contribution is 0.429. The molecular weight excluding hydrogens is 188 g/mol. The Morgan fingerprint density at radius 1 is 1.33 bits per heavy atom. The summed E-state index contributed by atoms with van der Waals surface area (Å²) < 4.78 is 1.80. The van der Waals surface area contributed by atoms with Gasteiger partial charge in [0.25, 0.3) is 0 Å². The average Bonchev–Trinajstić information content (AvgIpc) is 2.23. The second kappa shape index (κ2) is 3.87. The highest BCUT2D eigenvalue weighted by Crippen LogP contribution is 2.33. The molecule has 1 rings (SSSR count). The van der Waals surface area contributed by atoms with Crippen molar-refractivity contribution in [2.75, 3.05) is 0 Å². The lowest BCUT2D eigenvalue weighted by atomic mass is 9.90. The van der Waals surface area contributed by atoms with E-state index >= 15 is 0 Å². The van der Waals surface area contributed by atoms with Crippen molar-refractivity contribution in [3.8, 4) is 5.75 Å². The molecule has 0 unspecified atom stereocenters. The summed E-state index contributed by atoms with van der Waals surface area (Å²) in [7, 11) is 1.89. The number of aromatic hydroxyl groups is 1. The highest BCUT2D eigenvalue weighted by molar-refractivity contribution is 5.36. The van der Waals surface area contributed by atoms with E-state index in [1.165, 1.54) is 0 Å². The van der Waals surface area contributed by atoms with Crippen molar-refractivity contribution in [2.45, 2.75) is 46.5 Å². The average molecular weight is 210 g/mol. The van der Waals surface area contributed by atoms with Gasteiger partial charge >= 0.3 is 0 Å². The van der Waals surface area contributed by atoms with Crippen molar-refractivity contribution in [1.82, 2.24) is 9.78 Å². The Balaban J connectivity index is 3.15. The van der Waals surface area contributed by atoms with Crippen LogP contribution in [0.4, 0.5) is 0 Å². The van der Waals surface area contributed by atoms with Crippen molar-refractivity contribution < 1.29 is 5.11 Å². The summed E-state index contributed by atoms with van der Waals surface area (Å²) in [6, 6.07) is 0. The number of rotatable bonds is 2. The highest BCUT2D eigenvalue weighted by Gasteiger charge is 2.25. The van der Waals surface area contributed by atoms with E-state index in [9.17, 15) is 5.11 Å².